The van der Waals surface area contributed by atoms with Gasteiger partial charge in [-0.25, -0.2) is 0 Å². The van der Waals surface area contributed by atoms with E-state index in [1.807, 2.05) is 0 Å². The highest BCUT2D eigenvalue weighted by molar-refractivity contribution is 5.78. The van der Waals surface area contributed by atoms with Crippen LogP contribution >= 0.6 is 0 Å². The van der Waals surface area contributed by atoms with Crippen LogP contribution in [0.3, 0.4) is 0 Å². The number of ether oxygens (including phenoxy) is 1. The van der Waals surface area contributed by atoms with Crippen LogP contribution in [0.4, 0.5) is 0 Å². The summed E-state index contributed by atoms with van der Waals surface area (Å²) in [5, 5.41) is 27.3. The van der Waals surface area contributed by atoms with E-state index in [4.69, 9.17) is 9.84 Å². The van der Waals surface area contributed by atoms with E-state index >= 15 is 0 Å². The Morgan fingerprint density at radius 2 is 1.46 bits per heavy atom. The third kappa shape index (κ3) is 5.49. The lowest BCUT2D eigenvalue weighted by Gasteiger charge is -2.03. The van der Waals surface area contributed by atoms with Crippen molar-refractivity contribution in [2.75, 3.05) is 0 Å². The summed E-state index contributed by atoms with van der Waals surface area (Å²) in [6, 6.07) is 10.9. The van der Waals surface area contributed by atoms with Gasteiger partial charge in [0.15, 0.2) is 0 Å². The number of esters is 1. The molecule has 0 unspecified atom stereocenters. The first-order chi connectivity index (χ1) is 11.4. The van der Waals surface area contributed by atoms with Crippen LogP contribution in [0.15, 0.2) is 42.5 Å². The SMILES string of the molecule is O=C(O)CCC(=O)Oc1ccc(C=Cc2cc(O)cc(O)c2)cc1. The van der Waals surface area contributed by atoms with E-state index in [1.165, 1.54) is 18.2 Å². The number of benzene rings is 2. The molecule has 124 valence electrons. The summed E-state index contributed by atoms with van der Waals surface area (Å²) in [5.74, 6) is -1.38. The number of carbonyl (C=O) groups excluding carboxylic acids is 1. The number of aromatic hydroxyl groups is 2. The molecule has 2 rings (SSSR count). The molecule has 24 heavy (non-hydrogen) atoms. The molecule has 2 aromatic carbocycles. The molecule has 0 radical (unpaired) electrons. The Bertz CT molecular complexity index is 741. The third-order valence-electron chi connectivity index (χ3n) is 3.05. The van der Waals surface area contributed by atoms with Crippen molar-refractivity contribution in [3.05, 3.63) is 53.6 Å². The Morgan fingerprint density at radius 3 is 2.04 bits per heavy atom. The van der Waals surface area contributed by atoms with Gasteiger partial charge in [-0.15, -0.1) is 0 Å². The predicted molar refractivity (Wildman–Crippen MR) is 87.6 cm³/mol. The molecule has 0 saturated carbocycles. The van der Waals surface area contributed by atoms with Gasteiger partial charge in [-0.1, -0.05) is 24.3 Å². The summed E-state index contributed by atoms with van der Waals surface area (Å²) in [7, 11) is 0. The van der Waals surface area contributed by atoms with Gasteiger partial charge in [0.2, 0.25) is 0 Å². The van der Waals surface area contributed by atoms with E-state index in [0.717, 1.165) is 5.56 Å². The van der Waals surface area contributed by atoms with Gasteiger partial charge in [0.1, 0.15) is 17.2 Å². The van der Waals surface area contributed by atoms with Gasteiger partial charge < -0.3 is 20.1 Å². The first kappa shape index (κ1) is 17.1. The van der Waals surface area contributed by atoms with Crippen LogP contribution in [0.1, 0.15) is 24.0 Å². The molecule has 0 aliphatic carbocycles. The van der Waals surface area contributed by atoms with Crippen LogP contribution in [0.25, 0.3) is 12.2 Å². The molecule has 6 heteroatoms. The summed E-state index contributed by atoms with van der Waals surface area (Å²) in [4.78, 5) is 21.8. The quantitative estimate of drug-likeness (QED) is 0.428. The number of phenolic OH excluding ortho intramolecular Hbond substituents is 2. The fourth-order valence-corrected chi connectivity index (χ4v) is 1.95. The summed E-state index contributed by atoms with van der Waals surface area (Å²) >= 11 is 0. The number of hydrogen-bond acceptors (Lipinski definition) is 5. The van der Waals surface area contributed by atoms with Crippen LogP contribution in [0, 0.1) is 0 Å². The predicted octanol–water partition coefficient (Wildman–Crippen LogP) is 3.04. The lowest BCUT2D eigenvalue weighted by Crippen LogP contribution is -2.10. The van der Waals surface area contributed by atoms with Gasteiger partial charge in [-0.3, -0.25) is 9.59 Å². The minimum absolute atomic E-state index is 0.0294. The van der Waals surface area contributed by atoms with Gasteiger partial charge in [0.05, 0.1) is 12.8 Å². The zero-order chi connectivity index (χ0) is 17.5. The number of carboxylic acids is 1. The molecular weight excluding hydrogens is 312 g/mol. The molecule has 0 aliphatic heterocycles. The molecule has 3 N–H and O–H groups in total. The lowest BCUT2D eigenvalue weighted by molar-refractivity contribution is -0.142. The highest BCUT2D eigenvalue weighted by Gasteiger charge is 2.07. The van der Waals surface area contributed by atoms with Gasteiger partial charge in [0, 0.05) is 6.07 Å². The number of carboxylic acid groups (broad SMARTS) is 1. The highest BCUT2D eigenvalue weighted by Crippen LogP contribution is 2.22. The van der Waals surface area contributed by atoms with Crippen molar-refractivity contribution >= 4 is 24.1 Å². The van der Waals surface area contributed by atoms with Crippen LogP contribution in [-0.4, -0.2) is 27.3 Å². The van der Waals surface area contributed by atoms with E-state index in [9.17, 15) is 19.8 Å². The summed E-state index contributed by atoms with van der Waals surface area (Å²) in [5.41, 5.74) is 1.46. The topological polar surface area (TPSA) is 104 Å². The first-order valence-electron chi connectivity index (χ1n) is 7.16. The Kier molecular flexibility index (Phi) is 5.57. The smallest absolute Gasteiger partial charge is 0.311 e. The average molecular weight is 328 g/mol. The lowest BCUT2D eigenvalue weighted by atomic mass is 10.1. The number of hydrogen-bond donors (Lipinski definition) is 3. The molecule has 0 aliphatic rings. The normalized spacial score (nSPS) is 10.7. The Labute approximate surface area is 138 Å². The van der Waals surface area contributed by atoms with Crippen molar-refractivity contribution in [3.8, 4) is 17.2 Å². The van der Waals surface area contributed by atoms with E-state index in [0.29, 0.717) is 11.3 Å². The van der Waals surface area contributed by atoms with E-state index in [1.54, 1.807) is 36.4 Å². The second-order valence-corrected chi connectivity index (χ2v) is 5.05. The second-order valence-electron chi connectivity index (χ2n) is 5.05. The van der Waals surface area contributed by atoms with Crippen molar-refractivity contribution < 1.29 is 29.6 Å². The van der Waals surface area contributed by atoms with Gasteiger partial charge in [-0.05, 0) is 35.4 Å². The highest BCUT2D eigenvalue weighted by atomic mass is 16.5. The Morgan fingerprint density at radius 1 is 0.875 bits per heavy atom. The van der Waals surface area contributed by atoms with Gasteiger partial charge in [-0.2, -0.15) is 0 Å². The van der Waals surface area contributed by atoms with Crippen molar-refractivity contribution in [1.29, 1.82) is 0 Å². The van der Waals surface area contributed by atoms with E-state index < -0.39 is 11.9 Å². The molecule has 0 aromatic heterocycles. The van der Waals surface area contributed by atoms with Crippen molar-refractivity contribution in [1.82, 2.24) is 0 Å². The molecule has 0 atom stereocenters. The fraction of sp³-hybridized carbons (Fsp3) is 0.111. The maximum Gasteiger partial charge on any atom is 0.311 e. The zero-order valence-electron chi connectivity index (χ0n) is 12.7. The van der Waals surface area contributed by atoms with Crippen LogP contribution in [0.2, 0.25) is 0 Å². The van der Waals surface area contributed by atoms with Gasteiger partial charge >= 0.3 is 11.9 Å². The molecule has 0 fully saturated rings. The number of carbonyl (C=O) groups is 2. The number of rotatable bonds is 6. The van der Waals surface area contributed by atoms with Crippen LogP contribution in [0.5, 0.6) is 17.2 Å². The van der Waals surface area contributed by atoms with Gasteiger partial charge in [0.25, 0.3) is 0 Å². The maximum absolute atomic E-state index is 11.4. The van der Waals surface area contributed by atoms with E-state index in [-0.39, 0.29) is 24.3 Å². The van der Waals surface area contributed by atoms with Crippen LogP contribution < -0.4 is 4.74 Å². The molecule has 0 saturated heterocycles. The fourth-order valence-electron chi connectivity index (χ4n) is 1.95. The Balaban J connectivity index is 1.97. The standard InChI is InChI=1S/C18H16O6/c19-14-9-13(10-15(20)11-14)2-1-12-3-5-16(6-4-12)24-18(23)8-7-17(21)22/h1-6,9-11,19-20H,7-8H2,(H,21,22). The summed E-state index contributed by atoms with van der Waals surface area (Å²) in [6.07, 6.45) is 3.03. The zero-order valence-corrected chi connectivity index (χ0v) is 12.7. The van der Waals surface area contributed by atoms with Crippen molar-refractivity contribution in [2.24, 2.45) is 0 Å². The van der Waals surface area contributed by atoms with Crippen molar-refractivity contribution in [3.63, 3.8) is 0 Å². The molecule has 0 amide bonds. The molecular formula is C18H16O6. The minimum Gasteiger partial charge on any atom is -0.508 e. The largest absolute Gasteiger partial charge is 0.508 e. The molecule has 6 nitrogen and oxygen atoms in total. The molecule has 2 aromatic rings. The minimum atomic E-state index is -1.05. The van der Waals surface area contributed by atoms with Crippen molar-refractivity contribution in [2.45, 2.75) is 12.8 Å². The monoisotopic (exact) mass is 328 g/mol. The average Bonchev–Trinajstić information content (AvgIpc) is 2.51. The van der Waals surface area contributed by atoms with E-state index in [2.05, 4.69) is 0 Å². The molecule has 0 heterocycles. The first-order valence-corrected chi connectivity index (χ1v) is 7.16. The Hall–Kier alpha value is -3.28. The second kappa shape index (κ2) is 7.82. The third-order valence-corrected chi connectivity index (χ3v) is 3.05. The molecule has 0 spiro atoms. The summed E-state index contributed by atoms with van der Waals surface area (Å²) < 4.78 is 5.02. The van der Waals surface area contributed by atoms with Crippen LogP contribution in [-0.2, 0) is 9.59 Å². The summed E-state index contributed by atoms with van der Waals surface area (Å²) in [6.45, 7) is 0. The maximum atomic E-state index is 11.4. The number of phenols is 2. The molecule has 0 bridgehead atoms. The number of aliphatic carboxylic acids is 1.